The number of carbonyl (C=O) groups is 4. The standard InChI is InChI=1S/4C18H34O2.C6H15NO3.Mo/c4*1-2-3-4-5-6-7-8-9-10-11-12-13-14-15-16-17-18(19)20;8-4-1-7(2-5-9)3-6-10;/h4*9-10H,2-8,11-17H2,1H3,(H,19,20);8-10H,1-6H2;/q;;;;;+4/p-4/b4*10-9-;;. The van der Waals surface area contributed by atoms with Gasteiger partial charge in [-0.3, -0.25) is 4.90 Å². The van der Waals surface area contributed by atoms with E-state index < -0.39 is 23.9 Å². The van der Waals surface area contributed by atoms with Crippen LogP contribution < -0.4 is 20.4 Å². The predicted molar refractivity (Wildman–Crippen MR) is 376 cm³/mol. The Morgan fingerprint density at radius 3 is 0.505 bits per heavy atom. The zero-order valence-corrected chi connectivity index (χ0v) is 61.9. The third-order valence-electron chi connectivity index (χ3n) is 15.8. The quantitative estimate of drug-likeness (QED) is 0.0294. The molecule has 91 heavy (non-hydrogen) atoms. The first-order valence-corrected chi connectivity index (χ1v) is 37.9. The molecule has 3 N–H and O–H groups in total. The van der Waals surface area contributed by atoms with Gasteiger partial charge in [-0.1, -0.05) is 282 Å². The summed E-state index contributed by atoms with van der Waals surface area (Å²) < 4.78 is 0. The molecule has 0 aromatic heterocycles. The van der Waals surface area contributed by atoms with E-state index in [1.165, 1.54) is 257 Å². The van der Waals surface area contributed by atoms with Gasteiger partial charge >= 0.3 is 21.1 Å². The Hall–Kier alpha value is -2.63. The molecule has 0 bridgehead atoms. The largest absolute Gasteiger partial charge is 4.00 e. The van der Waals surface area contributed by atoms with Gasteiger partial charge in [0.05, 0.1) is 19.8 Å². The Kier molecular flexibility index (Phi) is 105. The second-order valence-corrected chi connectivity index (χ2v) is 24.8. The van der Waals surface area contributed by atoms with Crippen molar-refractivity contribution in [2.24, 2.45) is 0 Å². The number of unbranched alkanes of at least 4 members (excludes halogenated alkanes) is 44. The maximum atomic E-state index is 10.2. The van der Waals surface area contributed by atoms with Gasteiger partial charge in [-0.15, -0.1) is 0 Å². The summed E-state index contributed by atoms with van der Waals surface area (Å²) in [5, 5.41) is 66.3. The first kappa shape index (κ1) is 99.4. The van der Waals surface area contributed by atoms with Crippen LogP contribution in [-0.2, 0) is 40.2 Å². The number of carboxylic acids is 4. The Morgan fingerprint density at radius 1 is 0.242 bits per heavy atom. The van der Waals surface area contributed by atoms with Crippen LogP contribution in [-0.4, -0.2) is 83.6 Å². The van der Waals surface area contributed by atoms with E-state index in [0.29, 0.717) is 19.6 Å². The first-order valence-electron chi connectivity index (χ1n) is 37.9. The van der Waals surface area contributed by atoms with Crippen molar-refractivity contribution in [1.29, 1.82) is 0 Å². The number of aliphatic hydroxyl groups is 3. The second kappa shape index (κ2) is 96.1. The van der Waals surface area contributed by atoms with Gasteiger partial charge in [-0.05, 0) is 154 Å². The summed E-state index contributed by atoms with van der Waals surface area (Å²) in [6.07, 6.45) is 83.6. The number of rotatable bonds is 66. The minimum Gasteiger partial charge on any atom is -0.550 e. The molecule has 0 aromatic rings. The van der Waals surface area contributed by atoms with Crippen molar-refractivity contribution in [3.05, 3.63) is 48.6 Å². The van der Waals surface area contributed by atoms with Crippen molar-refractivity contribution >= 4 is 23.9 Å². The van der Waals surface area contributed by atoms with E-state index >= 15 is 0 Å². The molecule has 13 heteroatoms. The third kappa shape index (κ3) is 115. The van der Waals surface area contributed by atoms with Crippen molar-refractivity contribution in [2.75, 3.05) is 39.5 Å². The third-order valence-corrected chi connectivity index (χ3v) is 15.8. The molecule has 0 saturated carbocycles. The number of hydrogen-bond acceptors (Lipinski definition) is 12. The van der Waals surface area contributed by atoms with Crippen LogP contribution in [0, 0.1) is 0 Å². The van der Waals surface area contributed by atoms with Gasteiger partial charge in [0.15, 0.2) is 0 Å². The van der Waals surface area contributed by atoms with Crippen molar-refractivity contribution in [1.82, 2.24) is 4.90 Å². The summed E-state index contributed by atoms with van der Waals surface area (Å²) in [6.45, 7) is 10.8. The number of carboxylic acid groups (broad SMARTS) is 4. The van der Waals surface area contributed by atoms with Gasteiger partial charge in [-0.25, -0.2) is 0 Å². The fraction of sp³-hybridized carbons (Fsp3) is 0.846. The van der Waals surface area contributed by atoms with Crippen LogP contribution in [0.2, 0.25) is 0 Å². The maximum Gasteiger partial charge on any atom is 4.00 e. The molecule has 0 unspecified atom stereocenters. The summed E-state index contributed by atoms with van der Waals surface area (Å²) in [7, 11) is 0. The molecule has 0 amide bonds. The number of aliphatic carboxylic acids is 4. The average molecular weight is 1370 g/mol. The number of allylic oxidation sites excluding steroid dienone is 8. The normalized spacial score (nSPS) is 11.1. The molecule has 0 fully saturated rings. The van der Waals surface area contributed by atoms with Crippen molar-refractivity contribution < 1.29 is 76.0 Å². The van der Waals surface area contributed by atoms with Crippen LogP contribution >= 0.6 is 0 Å². The Morgan fingerprint density at radius 2 is 0.374 bits per heavy atom. The molecule has 0 aromatic carbocycles. The van der Waals surface area contributed by atoms with Crippen LogP contribution in [0.15, 0.2) is 48.6 Å². The van der Waals surface area contributed by atoms with Gasteiger partial charge in [-0.2, -0.15) is 0 Å². The zero-order chi connectivity index (χ0) is 67.4. The van der Waals surface area contributed by atoms with E-state index in [1.807, 2.05) is 0 Å². The topological polar surface area (TPSA) is 224 Å². The molecule has 0 aliphatic heterocycles. The van der Waals surface area contributed by atoms with Gasteiger partial charge in [0, 0.05) is 43.5 Å². The average Bonchev–Trinajstić information content (AvgIpc) is 3.52. The molecular weight excluding hydrogens is 1220 g/mol. The van der Waals surface area contributed by atoms with Crippen molar-refractivity contribution in [3.8, 4) is 0 Å². The van der Waals surface area contributed by atoms with E-state index in [2.05, 4.69) is 76.3 Å². The van der Waals surface area contributed by atoms with E-state index in [-0.39, 0.29) is 66.6 Å². The smallest absolute Gasteiger partial charge is 0.550 e. The van der Waals surface area contributed by atoms with E-state index in [4.69, 9.17) is 15.3 Å². The molecule has 0 radical (unpaired) electrons. The van der Waals surface area contributed by atoms with Crippen LogP contribution in [0.25, 0.3) is 0 Å². The van der Waals surface area contributed by atoms with E-state index in [1.54, 1.807) is 4.90 Å². The monoisotopic (exact) mass is 1370 g/mol. The Bertz CT molecular complexity index is 1290. The minimum atomic E-state index is -0.914. The van der Waals surface area contributed by atoms with Crippen LogP contribution in [0.4, 0.5) is 0 Å². The van der Waals surface area contributed by atoms with Crippen molar-refractivity contribution in [2.45, 2.75) is 387 Å². The fourth-order valence-electron chi connectivity index (χ4n) is 10.1. The Balaban J connectivity index is -0.000000251. The van der Waals surface area contributed by atoms with Crippen LogP contribution in [0.5, 0.6) is 0 Å². The summed E-state index contributed by atoms with van der Waals surface area (Å²) in [4.78, 5) is 42.6. The number of nitrogens with zero attached hydrogens (tertiary/aromatic N) is 1. The SMILES string of the molecule is CCCCCCCC/C=C\CCCCCCCC(=O)[O-].CCCCCCCC/C=C\CCCCCCCC(=O)[O-].CCCCCCCC/C=C\CCCCCCCC(=O)[O-].CCCCCCCC/C=C\CCCCCCCC(=O)[O-].OCCN(CCO)CCO.[Mo+4]. The number of aliphatic hydroxyl groups excluding tert-OH is 3. The van der Waals surface area contributed by atoms with Gasteiger partial charge in [0.1, 0.15) is 0 Å². The molecule has 0 aliphatic rings. The Labute approximate surface area is 576 Å². The van der Waals surface area contributed by atoms with Gasteiger partial charge < -0.3 is 54.9 Å². The summed E-state index contributed by atoms with van der Waals surface area (Å²) in [5.74, 6) is -3.66. The minimum absolute atomic E-state index is 0. The summed E-state index contributed by atoms with van der Waals surface area (Å²) >= 11 is 0. The van der Waals surface area contributed by atoms with Gasteiger partial charge in [0.25, 0.3) is 0 Å². The molecule has 12 nitrogen and oxygen atoms in total. The molecule has 0 heterocycles. The van der Waals surface area contributed by atoms with Crippen LogP contribution in [0.3, 0.4) is 0 Å². The second-order valence-electron chi connectivity index (χ2n) is 24.8. The first-order chi connectivity index (χ1) is 43.9. The molecule has 536 valence electrons. The zero-order valence-electron chi connectivity index (χ0n) is 59.9. The molecule has 0 saturated heterocycles. The fourth-order valence-corrected chi connectivity index (χ4v) is 10.1. The maximum absolute atomic E-state index is 10.2. The van der Waals surface area contributed by atoms with Crippen molar-refractivity contribution in [3.63, 3.8) is 0 Å². The molecular formula is C78H147MoNO11. The summed E-state index contributed by atoms with van der Waals surface area (Å²) in [6, 6.07) is 0. The van der Waals surface area contributed by atoms with Gasteiger partial charge in [0.2, 0.25) is 0 Å². The molecule has 0 spiro atoms. The molecule has 0 rings (SSSR count). The predicted octanol–water partition coefficient (Wildman–Crippen LogP) is 17.4. The number of carbonyl (C=O) groups excluding carboxylic acids is 4. The van der Waals surface area contributed by atoms with E-state index in [9.17, 15) is 39.6 Å². The molecule has 0 atom stereocenters. The van der Waals surface area contributed by atoms with E-state index in [0.717, 1.165) is 77.0 Å². The number of hydrogen-bond donors (Lipinski definition) is 3. The summed E-state index contributed by atoms with van der Waals surface area (Å²) in [5.41, 5.74) is 0. The molecule has 0 aliphatic carbocycles. The van der Waals surface area contributed by atoms with Crippen LogP contribution in [0.1, 0.15) is 387 Å².